The second-order valence-corrected chi connectivity index (χ2v) is 9.86. The van der Waals surface area contributed by atoms with Crippen molar-refractivity contribution >= 4 is 23.2 Å². The van der Waals surface area contributed by atoms with Crippen LogP contribution >= 0.6 is 23.2 Å². The van der Waals surface area contributed by atoms with E-state index in [0.717, 1.165) is 49.2 Å². The lowest BCUT2D eigenvalue weighted by atomic mass is 10.0. The average Bonchev–Trinajstić information content (AvgIpc) is 3.18. The maximum atomic E-state index is 6.25. The van der Waals surface area contributed by atoms with Gasteiger partial charge in [-0.15, -0.1) is 0 Å². The van der Waals surface area contributed by atoms with Gasteiger partial charge in [0.25, 0.3) is 0 Å². The number of hydrogen-bond donors (Lipinski definition) is 1. The summed E-state index contributed by atoms with van der Waals surface area (Å²) in [4.78, 5) is 6.92. The van der Waals surface area contributed by atoms with Gasteiger partial charge in [-0.1, -0.05) is 71.7 Å². The van der Waals surface area contributed by atoms with Crippen molar-refractivity contribution in [1.29, 1.82) is 0 Å². The van der Waals surface area contributed by atoms with Gasteiger partial charge in [0, 0.05) is 55.0 Å². The minimum atomic E-state index is 0.335. The third-order valence-corrected chi connectivity index (χ3v) is 6.88. The molecule has 1 aliphatic rings. The largest absolute Gasteiger partial charge is 0.329 e. The molecule has 0 saturated heterocycles. The maximum absolute atomic E-state index is 6.25. The SMILES string of the molecule is Clc1ccc(Cn2cncc2CN[C@H]2Cc3ccccc3CN(Cc3cccc(Cl)c3)C2)cc1. The number of imidazole rings is 1. The van der Waals surface area contributed by atoms with Crippen LogP contribution in [0.2, 0.25) is 10.0 Å². The van der Waals surface area contributed by atoms with E-state index < -0.39 is 0 Å². The lowest BCUT2D eigenvalue weighted by Gasteiger charge is -2.25. The molecule has 4 aromatic rings. The van der Waals surface area contributed by atoms with Gasteiger partial charge in [-0.2, -0.15) is 0 Å². The van der Waals surface area contributed by atoms with E-state index in [4.69, 9.17) is 23.2 Å². The summed E-state index contributed by atoms with van der Waals surface area (Å²) in [6.07, 6.45) is 4.87. The highest BCUT2D eigenvalue weighted by molar-refractivity contribution is 6.30. The minimum absolute atomic E-state index is 0.335. The molecule has 1 aromatic heterocycles. The fourth-order valence-electron chi connectivity index (χ4n) is 4.68. The van der Waals surface area contributed by atoms with Crippen molar-refractivity contribution in [1.82, 2.24) is 19.8 Å². The molecule has 3 aromatic carbocycles. The van der Waals surface area contributed by atoms with Crippen LogP contribution < -0.4 is 5.32 Å². The predicted molar refractivity (Wildman–Crippen MR) is 139 cm³/mol. The molecule has 1 atom stereocenters. The normalized spacial score (nSPS) is 16.2. The van der Waals surface area contributed by atoms with E-state index in [2.05, 4.69) is 68.3 Å². The molecular weight excluding hydrogens is 463 g/mol. The second kappa shape index (κ2) is 10.7. The highest BCUT2D eigenvalue weighted by Gasteiger charge is 2.22. The van der Waals surface area contributed by atoms with Gasteiger partial charge in [-0.25, -0.2) is 4.98 Å². The van der Waals surface area contributed by atoms with Crippen LogP contribution in [0.25, 0.3) is 0 Å². The lowest BCUT2D eigenvalue weighted by molar-refractivity contribution is 0.232. The van der Waals surface area contributed by atoms with Crippen molar-refractivity contribution in [2.24, 2.45) is 0 Å². The Morgan fingerprint density at radius 2 is 1.68 bits per heavy atom. The number of benzene rings is 3. The molecule has 0 fully saturated rings. The monoisotopic (exact) mass is 490 g/mol. The van der Waals surface area contributed by atoms with Crippen molar-refractivity contribution in [2.45, 2.75) is 38.6 Å². The van der Waals surface area contributed by atoms with E-state index in [-0.39, 0.29) is 0 Å². The van der Waals surface area contributed by atoms with Crippen molar-refractivity contribution in [3.05, 3.63) is 123 Å². The molecule has 1 N–H and O–H groups in total. The lowest BCUT2D eigenvalue weighted by Crippen LogP contribution is -2.40. The number of nitrogens with zero attached hydrogens (tertiary/aromatic N) is 3. The van der Waals surface area contributed by atoms with Gasteiger partial charge in [-0.3, -0.25) is 4.90 Å². The van der Waals surface area contributed by atoms with E-state index in [0.29, 0.717) is 6.04 Å². The topological polar surface area (TPSA) is 33.1 Å². The van der Waals surface area contributed by atoms with Gasteiger partial charge in [0.1, 0.15) is 0 Å². The highest BCUT2D eigenvalue weighted by Crippen LogP contribution is 2.22. The average molecular weight is 491 g/mol. The maximum Gasteiger partial charge on any atom is 0.0951 e. The third kappa shape index (κ3) is 5.89. The van der Waals surface area contributed by atoms with Crippen molar-refractivity contribution in [3.8, 4) is 0 Å². The summed E-state index contributed by atoms with van der Waals surface area (Å²) >= 11 is 12.3. The Kier molecular flexibility index (Phi) is 7.31. The Morgan fingerprint density at radius 1 is 0.853 bits per heavy atom. The number of rotatable bonds is 7. The van der Waals surface area contributed by atoms with Crippen LogP contribution in [-0.2, 0) is 32.6 Å². The molecule has 0 spiro atoms. The van der Waals surface area contributed by atoms with E-state index in [1.54, 1.807) is 0 Å². The molecule has 34 heavy (non-hydrogen) atoms. The first-order chi connectivity index (χ1) is 16.6. The molecular formula is C28H28Cl2N4. The molecule has 5 rings (SSSR count). The number of halogens is 2. The Balaban J connectivity index is 1.29. The quantitative estimate of drug-likeness (QED) is 0.347. The van der Waals surface area contributed by atoms with Crippen molar-refractivity contribution in [3.63, 3.8) is 0 Å². The second-order valence-electron chi connectivity index (χ2n) is 8.99. The smallest absolute Gasteiger partial charge is 0.0951 e. The Hall–Kier alpha value is -2.63. The van der Waals surface area contributed by atoms with Crippen LogP contribution in [0.3, 0.4) is 0 Å². The predicted octanol–water partition coefficient (Wildman–Crippen LogP) is 5.95. The van der Waals surface area contributed by atoms with Crippen molar-refractivity contribution in [2.75, 3.05) is 6.54 Å². The first kappa shape index (κ1) is 23.1. The molecule has 0 saturated carbocycles. The van der Waals surface area contributed by atoms with E-state index in [1.807, 2.05) is 36.8 Å². The standard InChI is InChI=1S/C28H28Cl2N4/c29-25-10-8-21(9-11-25)17-34-20-31-14-28(34)15-32-27-13-23-5-1-2-6-24(23)18-33(19-27)16-22-4-3-7-26(30)12-22/h1-12,14,20,27,32H,13,15-19H2/t27-/m0/s1. The molecule has 0 bridgehead atoms. The Bertz CT molecular complexity index is 1240. The highest BCUT2D eigenvalue weighted by atomic mass is 35.5. The Morgan fingerprint density at radius 3 is 2.50 bits per heavy atom. The van der Waals surface area contributed by atoms with Gasteiger partial charge in [0.15, 0.2) is 0 Å². The van der Waals surface area contributed by atoms with Crippen molar-refractivity contribution < 1.29 is 0 Å². The summed E-state index contributed by atoms with van der Waals surface area (Å²) < 4.78 is 2.20. The molecule has 0 unspecified atom stereocenters. The van der Waals surface area contributed by atoms with Crippen LogP contribution in [0.5, 0.6) is 0 Å². The zero-order valence-electron chi connectivity index (χ0n) is 19.0. The fraction of sp³-hybridized carbons (Fsp3) is 0.250. The van der Waals surface area contributed by atoms with E-state index in [9.17, 15) is 0 Å². The molecule has 174 valence electrons. The summed E-state index contributed by atoms with van der Waals surface area (Å²) in [5.41, 5.74) is 6.45. The molecule has 6 heteroatoms. The summed E-state index contributed by atoms with van der Waals surface area (Å²) in [5, 5.41) is 5.36. The summed E-state index contributed by atoms with van der Waals surface area (Å²) in [6.45, 7) is 4.33. The van der Waals surface area contributed by atoms with Gasteiger partial charge < -0.3 is 9.88 Å². The van der Waals surface area contributed by atoms with E-state index >= 15 is 0 Å². The zero-order valence-corrected chi connectivity index (χ0v) is 20.5. The first-order valence-corrected chi connectivity index (χ1v) is 12.4. The molecule has 2 heterocycles. The Labute approximate surface area is 211 Å². The van der Waals surface area contributed by atoms with E-state index in [1.165, 1.54) is 27.9 Å². The zero-order chi connectivity index (χ0) is 23.3. The summed E-state index contributed by atoms with van der Waals surface area (Å²) in [6, 6.07) is 25.3. The van der Waals surface area contributed by atoms with Gasteiger partial charge in [-0.05, 0) is 52.9 Å². The molecule has 4 nitrogen and oxygen atoms in total. The minimum Gasteiger partial charge on any atom is -0.329 e. The molecule has 0 radical (unpaired) electrons. The van der Waals surface area contributed by atoms with Crippen LogP contribution in [-0.4, -0.2) is 27.0 Å². The third-order valence-electron chi connectivity index (χ3n) is 6.39. The van der Waals surface area contributed by atoms with Gasteiger partial charge in [0.2, 0.25) is 0 Å². The molecule has 0 aliphatic carbocycles. The fourth-order valence-corrected chi connectivity index (χ4v) is 5.02. The number of nitrogens with one attached hydrogen (secondary N) is 1. The molecule has 0 amide bonds. The van der Waals surface area contributed by atoms with Crippen LogP contribution in [0.1, 0.15) is 27.9 Å². The summed E-state index contributed by atoms with van der Waals surface area (Å²) in [5.74, 6) is 0. The van der Waals surface area contributed by atoms with Gasteiger partial charge in [0.05, 0.1) is 12.0 Å². The van der Waals surface area contributed by atoms with Crippen LogP contribution in [0.15, 0.2) is 85.3 Å². The number of hydrogen-bond acceptors (Lipinski definition) is 3. The number of fused-ring (bicyclic) bond motifs is 1. The number of aromatic nitrogens is 2. The van der Waals surface area contributed by atoms with Gasteiger partial charge >= 0.3 is 0 Å². The van der Waals surface area contributed by atoms with Crippen LogP contribution in [0.4, 0.5) is 0 Å². The first-order valence-electron chi connectivity index (χ1n) is 11.6. The molecule has 1 aliphatic heterocycles. The van der Waals surface area contributed by atoms with Crippen LogP contribution in [0, 0.1) is 0 Å². The summed E-state index contributed by atoms with van der Waals surface area (Å²) in [7, 11) is 0.